The van der Waals surface area contributed by atoms with Crippen LogP contribution in [0.1, 0.15) is 36.0 Å². The summed E-state index contributed by atoms with van der Waals surface area (Å²) in [5.74, 6) is 0.0191. The summed E-state index contributed by atoms with van der Waals surface area (Å²) >= 11 is 0. The Morgan fingerprint density at radius 3 is 2.46 bits per heavy atom. The smallest absolute Gasteiger partial charge is 0.251 e. The first-order valence-corrected chi connectivity index (χ1v) is 9.52. The summed E-state index contributed by atoms with van der Waals surface area (Å²) in [5, 5.41) is 10.1. The SMILES string of the molecule is O=C(NC1CCN(C2CCOCC2)CC1)c1ccc(-c2ccn[nH]2)cc1. The van der Waals surface area contributed by atoms with Crippen LogP contribution in [0.2, 0.25) is 0 Å². The molecule has 2 fully saturated rings. The third kappa shape index (κ3) is 3.97. The molecule has 26 heavy (non-hydrogen) atoms. The Bertz CT molecular complexity index is 700. The molecule has 138 valence electrons. The number of ether oxygens (including phenoxy) is 1. The molecule has 0 atom stereocenters. The highest BCUT2D eigenvalue weighted by molar-refractivity contribution is 5.94. The van der Waals surface area contributed by atoms with Gasteiger partial charge in [0.2, 0.25) is 0 Å². The van der Waals surface area contributed by atoms with E-state index >= 15 is 0 Å². The van der Waals surface area contributed by atoms with Gasteiger partial charge in [0.1, 0.15) is 0 Å². The Morgan fingerprint density at radius 2 is 1.81 bits per heavy atom. The van der Waals surface area contributed by atoms with Crippen molar-refractivity contribution in [2.45, 2.75) is 37.8 Å². The van der Waals surface area contributed by atoms with Gasteiger partial charge in [-0.3, -0.25) is 9.89 Å². The molecule has 0 spiro atoms. The molecule has 2 aromatic rings. The van der Waals surface area contributed by atoms with Crippen LogP contribution < -0.4 is 5.32 Å². The lowest BCUT2D eigenvalue weighted by molar-refractivity contribution is 0.0238. The Labute approximate surface area is 153 Å². The molecule has 2 saturated heterocycles. The Morgan fingerprint density at radius 1 is 1.08 bits per heavy atom. The molecule has 6 nitrogen and oxygen atoms in total. The summed E-state index contributed by atoms with van der Waals surface area (Å²) in [5.41, 5.74) is 2.70. The van der Waals surface area contributed by atoms with Gasteiger partial charge in [-0.25, -0.2) is 0 Å². The highest BCUT2D eigenvalue weighted by atomic mass is 16.5. The van der Waals surface area contributed by atoms with Gasteiger partial charge < -0.3 is 15.0 Å². The third-order valence-electron chi connectivity index (χ3n) is 5.53. The van der Waals surface area contributed by atoms with Crippen LogP contribution in [0.3, 0.4) is 0 Å². The number of aromatic amines is 1. The lowest BCUT2D eigenvalue weighted by Gasteiger charge is -2.39. The second kappa shape index (κ2) is 8.01. The zero-order chi connectivity index (χ0) is 17.8. The topological polar surface area (TPSA) is 70.2 Å². The zero-order valence-electron chi connectivity index (χ0n) is 15.0. The van der Waals surface area contributed by atoms with Gasteiger partial charge in [0.25, 0.3) is 5.91 Å². The molecule has 2 N–H and O–H groups in total. The fourth-order valence-electron chi connectivity index (χ4n) is 3.95. The van der Waals surface area contributed by atoms with E-state index < -0.39 is 0 Å². The second-order valence-corrected chi connectivity index (χ2v) is 7.17. The molecule has 0 saturated carbocycles. The van der Waals surface area contributed by atoms with E-state index in [9.17, 15) is 4.79 Å². The van der Waals surface area contributed by atoms with Crippen LogP contribution in [0.25, 0.3) is 11.3 Å². The summed E-state index contributed by atoms with van der Waals surface area (Å²) < 4.78 is 5.46. The Hall–Kier alpha value is -2.18. The van der Waals surface area contributed by atoms with Crippen LogP contribution in [-0.4, -0.2) is 59.4 Å². The largest absolute Gasteiger partial charge is 0.381 e. The van der Waals surface area contributed by atoms with Gasteiger partial charge in [-0.1, -0.05) is 12.1 Å². The molecule has 3 heterocycles. The van der Waals surface area contributed by atoms with E-state index in [1.807, 2.05) is 30.3 Å². The number of benzene rings is 1. The van der Waals surface area contributed by atoms with Gasteiger partial charge in [-0.05, 0) is 49.4 Å². The maximum atomic E-state index is 12.5. The number of nitrogens with zero attached hydrogens (tertiary/aromatic N) is 2. The van der Waals surface area contributed by atoms with Gasteiger partial charge in [-0.15, -0.1) is 0 Å². The fraction of sp³-hybridized carbons (Fsp3) is 0.500. The number of hydrogen-bond acceptors (Lipinski definition) is 4. The Kier molecular flexibility index (Phi) is 5.32. The molecule has 1 aromatic carbocycles. The van der Waals surface area contributed by atoms with Crippen LogP contribution in [-0.2, 0) is 4.74 Å². The van der Waals surface area contributed by atoms with Crippen molar-refractivity contribution in [1.82, 2.24) is 20.4 Å². The average Bonchev–Trinajstić information content (AvgIpc) is 3.24. The van der Waals surface area contributed by atoms with Crippen LogP contribution in [0.15, 0.2) is 36.5 Å². The van der Waals surface area contributed by atoms with E-state index in [-0.39, 0.29) is 11.9 Å². The average molecular weight is 354 g/mol. The van der Waals surface area contributed by atoms with Gasteiger partial charge in [0.15, 0.2) is 0 Å². The first-order chi connectivity index (χ1) is 12.8. The molecule has 1 amide bonds. The predicted octanol–water partition coefficient (Wildman–Crippen LogP) is 2.45. The van der Waals surface area contributed by atoms with Crippen molar-refractivity contribution in [2.24, 2.45) is 0 Å². The zero-order valence-corrected chi connectivity index (χ0v) is 15.0. The monoisotopic (exact) mass is 354 g/mol. The van der Waals surface area contributed by atoms with Crippen molar-refractivity contribution < 1.29 is 9.53 Å². The summed E-state index contributed by atoms with van der Waals surface area (Å²) in [7, 11) is 0. The number of likely N-dealkylation sites (tertiary alicyclic amines) is 1. The lowest BCUT2D eigenvalue weighted by atomic mass is 9.99. The van der Waals surface area contributed by atoms with Crippen LogP contribution in [0.4, 0.5) is 0 Å². The number of amides is 1. The molecule has 0 bridgehead atoms. The van der Waals surface area contributed by atoms with Gasteiger partial charge in [0, 0.05) is 50.1 Å². The van der Waals surface area contributed by atoms with E-state index in [0.717, 1.165) is 63.2 Å². The summed E-state index contributed by atoms with van der Waals surface area (Å²) in [6.45, 7) is 3.90. The quantitative estimate of drug-likeness (QED) is 0.885. The van der Waals surface area contributed by atoms with Crippen LogP contribution in [0.5, 0.6) is 0 Å². The molecule has 4 rings (SSSR count). The summed E-state index contributed by atoms with van der Waals surface area (Å²) in [4.78, 5) is 15.1. The minimum atomic E-state index is 0.0191. The minimum Gasteiger partial charge on any atom is -0.381 e. The molecular formula is C20H26N4O2. The number of nitrogens with one attached hydrogen (secondary N) is 2. The number of carbonyl (C=O) groups is 1. The number of H-pyrrole nitrogens is 1. The lowest BCUT2D eigenvalue weighted by Crippen LogP contribution is -2.49. The normalized spacial score (nSPS) is 20.2. The number of rotatable bonds is 4. The maximum Gasteiger partial charge on any atom is 0.251 e. The van der Waals surface area contributed by atoms with Crippen molar-refractivity contribution in [3.8, 4) is 11.3 Å². The summed E-state index contributed by atoms with van der Waals surface area (Å²) in [6, 6.07) is 10.5. The first kappa shape index (κ1) is 17.2. The fourth-order valence-corrected chi connectivity index (χ4v) is 3.95. The number of aromatic nitrogens is 2. The van der Waals surface area contributed by atoms with Crippen LogP contribution in [0, 0.1) is 0 Å². The highest BCUT2D eigenvalue weighted by Gasteiger charge is 2.27. The van der Waals surface area contributed by atoms with E-state index in [4.69, 9.17) is 4.74 Å². The highest BCUT2D eigenvalue weighted by Crippen LogP contribution is 2.21. The molecule has 0 unspecified atom stereocenters. The van der Waals surface area contributed by atoms with Gasteiger partial charge >= 0.3 is 0 Å². The molecular weight excluding hydrogens is 328 g/mol. The Balaban J connectivity index is 1.28. The first-order valence-electron chi connectivity index (χ1n) is 9.52. The molecule has 6 heteroatoms. The molecule has 1 aromatic heterocycles. The van der Waals surface area contributed by atoms with Crippen molar-refractivity contribution >= 4 is 5.91 Å². The standard InChI is InChI=1S/C20H26N4O2/c25-20(16-3-1-15(2-4-16)19-5-10-21-23-19)22-17-6-11-24(12-7-17)18-8-13-26-14-9-18/h1-5,10,17-18H,6-9,11-14H2,(H,21,23)(H,22,25). The second-order valence-electron chi connectivity index (χ2n) is 7.17. The predicted molar refractivity (Wildman–Crippen MR) is 99.9 cm³/mol. The van der Waals surface area contributed by atoms with Crippen molar-refractivity contribution in [3.05, 3.63) is 42.1 Å². The van der Waals surface area contributed by atoms with Crippen molar-refractivity contribution in [3.63, 3.8) is 0 Å². The van der Waals surface area contributed by atoms with E-state index in [0.29, 0.717) is 11.6 Å². The molecule has 0 radical (unpaired) electrons. The minimum absolute atomic E-state index is 0.0191. The van der Waals surface area contributed by atoms with Crippen molar-refractivity contribution in [1.29, 1.82) is 0 Å². The number of hydrogen-bond donors (Lipinski definition) is 2. The van der Waals surface area contributed by atoms with Crippen molar-refractivity contribution in [2.75, 3.05) is 26.3 Å². The number of carbonyl (C=O) groups excluding carboxylic acids is 1. The van der Waals surface area contributed by atoms with Crippen LogP contribution >= 0.6 is 0 Å². The van der Waals surface area contributed by atoms with E-state index in [2.05, 4.69) is 20.4 Å². The molecule has 0 aliphatic carbocycles. The van der Waals surface area contributed by atoms with E-state index in [1.165, 1.54) is 0 Å². The van der Waals surface area contributed by atoms with Gasteiger partial charge in [-0.2, -0.15) is 5.10 Å². The summed E-state index contributed by atoms with van der Waals surface area (Å²) in [6.07, 6.45) is 6.05. The van der Waals surface area contributed by atoms with Gasteiger partial charge in [0.05, 0.1) is 5.69 Å². The maximum absolute atomic E-state index is 12.5. The molecule has 2 aliphatic rings. The third-order valence-corrected chi connectivity index (χ3v) is 5.53. The van der Waals surface area contributed by atoms with E-state index in [1.54, 1.807) is 6.20 Å². The molecule has 2 aliphatic heterocycles. The number of piperidine rings is 1.